The number of benzene rings is 2. The maximum Gasteiger partial charge on any atom is 0.430 e. The molecule has 0 spiro atoms. The molecule has 0 bridgehead atoms. The molecule has 0 aliphatic heterocycles. The highest BCUT2D eigenvalue weighted by molar-refractivity contribution is 7.91. The third-order valence-corrected chi connectivity index (χ3v) is 7.37. The van der Waals surface area contributed by atoms with Gasteiger partial charge in [-0.15, -0.1) is 0 Å². The molecule has 7 nitrogen and oxygen atoms in total. The first-order valence-corrected chi connectivity index (χ1v) is 13.6. The zero-order valence-corrected chi connectivity index (χ0v) is 22.6. The van der Waals surface area contributed by atoms with E-state index in [2.05, 4.69) is 10.6 Å². The number of hydrogen-bond donors (Lipinski definition) is 4. The Morgan fingerprint density at radius 3 is 2.45 bits per heavy atom. The summed E-state index contributed by atoms with van der Waals surface area (Å²) >= 11 is -1.18. The van der Waals surface area contributed by atoms with Crippen molar-refractivity contribution in [1.29, 1.82) is 5.41 Å². The van der Waals surface area contributed by atoms with Gasteiger partial charge in [0, 0.05) is 16.8 Å². The predicted molar refractivity (Wildman–Crippen MR) is 143 cm³/mol. The molecule has 1 aromatic heterocycles. The third kappa shape index (κ3) is 7.40. The molecule has 0 saturated heterocycles. The van der Waals surface area contributed by atoms with Crippen molar-refractivity contribution in [3.8, 4) is 0 Å². The highest BCUT2D eigenvalue weighted by atomic mass is 32.2. The van der Waals surface area contributed by atoms with Crippen molar-refractivity contribution in [1.82, 2.24) is 15.2 Å². The van der Waals surface area contributed by atoms with Crippen molar-refractivity contribution >= 4 is 33.7 Å². The van der Waals surface area contributed by atoms with E-state index in [9.17, 15) is 32.0 Å². The van der Waals surface area contributed by atoms with Crippen molar-refractivity contribution < 1.29 is 36.4 Å². The molecule has 0 saturated carbocycles. The highest BCUT2D eigenvalue weighted by Crippen LogP contribution is 2.27. The van der Waals surface area contributed by atoms with E-state index in [1.54, 1.807) is 31.2 Å². The lowest BCUT2D eigenvalue weighted by Crippen LogP contribution is -2.31. The number of carbonyl (C=O) groups is 1. The van der Waals surface area contributed by atoms with E-state index in [4.69, 9.17) is 5.41 Å². The first-order valence-electron chi connectivity index (χ1n) is 12.2. The van der Waals surface area contributed by atoms with Crippen LogP contribution in [-0.2, 0) is 24.3 Å². The van der Waals surface area contributed by atoms with E-state index in [0.717, 1.165) is 6.07 Å². The van der Waals surface area contributed by atoms with Gasteiger partial charge in [-0.05, 0) is 67.0 Å². The Bertz CT molecular complexity index is 1390. The standard InChI is InChI=1S/C27H29F5N4O3S/c1-3-40(39)20-6-4-17(5-7-20)23(15-37)35-26(38)21-12-18-11-19(36(9-8-28)24(18)13-22(21)29)14-34-25(10-16(2)33)27(30,31)32/h4-7,10-13,23,33-34,37H,3,8-9,14-15H2,1-2H3,(H,35,38)/b25-10-,33-16?. The first-order chi connectivity index (χ1) is 18.9. The number of aliphatic hydroxyl groups is 1. The van der Waals surface area contributed by atoms with Crippen LogP contribution in [0.1, 0.15) is 41.5 Å². The van der Waals surface area contributed by atoms with Crippen molar-refractivity contribution in [2.45, 2.75) is 44.1 Å². The van der Waals surface area contributed by atoms with Crippen LogP contribution >= 0.6 is 0 Å². The van der Waals surface area contributed by atoms with Crippen LogP contribution in [0.2, 0.25) is 0 Å². The van der Waals surface area contributed by atoms with Crippen LogP contribution in [-0.4, -0.2) is 51.1 Å². The number of aromatic nitrogens is 1. The van der Waals surface area contributed by atoms with Gasteiger partial charge < -0.3 is 30.3 Å². The Labute approximate surface area is 230 Å². The summed E-state index contributed by atoms with van der Waals surface area (Å²) in [6.45, 7) is 0.929. The van der Waals surface area contributed by atoms with E-state index < -0.39 is 60.6 Å². The summed E-state index contributed by atoms with van der Waals surface area (Å²) in [5.74, 6) is -1.36. The van der Waals surface area contributed by atoms with Crippen LogP contribution in [0.25, 0.3) is 10.9 Å². The monoisotopic (exact) mass is 584 g/mol. The minimum absolute atomic E-state index is 0.183. The minimum atomic E-state index is -4.76. The summed E-state index contributed by atoms with van der Waals surface area (Å²) in [4.78, 5) is 13.6. The maximum absolute atomic E-state index is 15.1. The summed E-state index contributed by atoms with van der Waals surface area (Å²) in [5.41, 5.74) is -0.961. The van der Waals surface area contributed by atoms with Gasteiger partial charge in [-0.25, -0.2) is 8.78 Å². The lowest BCUT2D eigenvalue weighted by atomic mass is 10.1. The number of allylic oxidation sites excluding steroid dienone is 2. The number of hydrogen-bond acceptors (Lipinski definition) is 5. The summed E-state index contributed by atoms with van der Waals surface area (Å²) in [6.07, 6.45) is -4.13. The highest BCUT2D eigenvalue weighted by Gasteiger charge is 2.34. The number of amides is 1. The van der Waals surface area contributed by atoms with Crippen molar-refractivity contribution in [3.63, 3.8) is 0 Å². The summed E-state index contributed by atoms with van der Waals surface area (Å²) in [6, 6.07) is 9.18. The molecule has 3 aromatic rings. The Hall–Kier alpha value is -3.42. The van der Waals surface area contributed by atoms with Crippen LogP contribution in [0.3, 0.4) is 0 Å². The molecule has 216 valence electrons. The molecular formula is C27H29F5N4O3S. The van der Waals surface area contributed by atoms with Crippen molar-refractivity contribution in [3.05, 3.63) is 76.9 Å². The van der Waals surface area contributed by atoms with Gasteiger partial charge >= 0.3 is 6.18 Å². The second kappa shape index (κ2) is 13.3. The van der Waals surface area contributed by atoms with Crippen molar-refractivity contribution in [2.75, 3.05) is 19.0 Å². The molecule has 1 amide bonds. The van der Waals surface area contributed by atoms with Gasteiger partial charge in [-0.1, -0.05) is 12.1 Å². The van der Waals surface area contributed by atoms with Gasteiger partial charge in [0.2, 0.25) is 0 Å². The van der Waals surface area contributed by atoms with E-state index in [0.29, 0.717) is 27.7 Å². The third-order valence-electron chi connectivity index (χ3n) is 6.05. The molecule has 2 atom stereocenters. The number of alkyl halides is 4. The normalized spacial score (nSPS) is 13.8. The predicted octanol–water partition coefficient (Wildman–Crippen LogP) is 4.92. The van der Waals surface area contributed by atoms with E-state index in [-0.39, 0.29) is 29.0 Å². The fraction of sp³-hybridized carbons (Fsp3) is 0.333. The van der Waals surface area contributed by atoms with Crippen LogP contribution in [0, 0.1) is 11.2 Å². The minimum Gasteiger partial charge on any atom is -0.611 e. The second-order valence-corrected chi connectivity index (χ2v) is 10.6. The lowest BCUT2D eigenvalue weighted by Gasteiger charge is -2.18. The van der Waals surface area contributed by atoms with E-state index >= 15 is 4.39 Å². The number of aliphatic hydroxyl groups excluding tert-OH is 1. The average molecular weight is 585 g/mol. The first kappa shape index (κ1) is 31.1. The van der Waals surface area contributed by atoms with Crippen molar-refractivity contribution in [2.24, 2.45) is 0 Å². The summed E-state index contributed by atoms with van der Waals surface area (Å²) < 4.78 is 81.7. The number of nitrogens with one attached hydrogen (secondary N) is 3. The SMILES string of the molecule is CC[S+]([O-])c1ccc(C(CO)NC(=O)c2cc3cc(CN/C(=C\C(C)=N)C(F)(F)F)n(CCF)c3cc2F)cc1. The van der Waals surface area contributed by atoms with Gasteiger partial charge in [-0.3, -0.25) is 4.79 Å². The van der Waals surface area contributed by atoms with Gasteiger partial charge in [0.05, 0.1) is 36.8 Å². The molecule has 1 heterocycles. The van der Waals surface area contributed by atoms with E-state index in [1.807, 2.05) is 0 Å². The molecule has 3 rings (SSSR count). The molecule has 2 unspecified atom stereocenters. The van der Waals surface area contributed by atoms with Crippen LogP contribution in [0.4, 0.5) is 22.0 Å². The topological polar surface area (TPSA) is 113 Å². The number of rotatable bonds is 12. The Morgan fingerprint density at radius 2 is 1.90 bits per heavy atom. The van der Waals surface area contributed by atoms with Gasteiger partial charge in [0.1, 0.15) is 23.9 Å². The smallest absolute Gasteiger partial charge is 0.430 e. The molecular weight excluding hydrogens is 555 g/mol. The molecule has 4 N–H and O–H groups in total. The summed E-state index contributed by atoms with van der Waals surface area (Å²) in [7, 11) is 0. The molecule has 40 heavy (non-hydrogen) atoms. The quantitative estimate of drug-likeness (QED) is 0.138. The number of nitrogens with zero attached hydrogens (tertiary/aromatic N) is 1. The molecule has 2 aromatic carbocycles. The van der Waals surface area contributed by atoms with Crippen LogP contribution in [0.15, 0.2) is 59.1 Å². The van der Waals surface area contributed by atoms with Crippen LogP contribution in [0.5, 0.6) is 0 Å². The second-order valence-electron chi connectivity index (χ2n) is 8.87. The van der Waals surface area contributed by atoms with E-state index in [1.165, 1.54) is 23.6 Å². The fourth-order valence-electron chi connectivity index (χ4n) is 4.13. The Morgan fingerprint density at radius 1 is 1.23 bits per heavy atom. The number of halogens is 5. The zero-order chi connectivity index (χ0) is 29.6. The lowest BCUT2D eigenvalue weighted by molar-refractivity contribution is -0.0968. The molecule has 0 radical (unpaired) electrons. The largest absolute Gasteiger partial charge is 0.611 e. The zero-order valence-electron chi connectivity index (χ0n) is 21.7. The Kier molecular flexibility index (Phi) is 10.3. The number of aryl methyl sites for hydroxylation is 1. The number of fused-ring (bicyclic) bond motifs is 1. The average Bonchev–Trinajstić information content (AvgIpc) is 3.24. The van der Waals surface area contributed by atoms with Gasteiger partial charge in [-0.2, -0.15) is 13.2 Å². The Balaban J connectivity index is 1.90. The molecule has 13 heteroatoms. The number of carbonyl (C=O) groups excluding carboxylic acids is 1. The van der Waals surface area contributed by atoms with Crippen LogP contribution < -0.4 is 10.6 Å². The molecule has 0 fully saturated rings. The summed E-state index contributed by atoms with van der Waals surface area (Å²) in [5, 5.41) is 22.3. The molecule has 0 aliphatic rings. The van der Waals surface area contributed by atoms with Gasteiger partial charge in [0.25, 0.3) is 5.91 Å². The molecule has 0 aliphatic carbocycles. The van der Waals surface area contributed by atoms with Gasteiger partial charge in [0.15, 0.2) is 4.90 Å². The fourth-order valence-corrected chi connectivity index (χ4v) is 4.91. The maximum atomic E-state index is 15.1.